The lowest BCUT2D eigenvalue weighted by Crippen LogP contribution is -2.20. The number of carbonyl (C=O) groups is 1. The fourth-order valence-electron chi connectivity index (χ4n) is 2.82. The van der Waals surface area contributed by atoms with Gasteiger partial charge in [0, 0.05) is 29.0 Å². The molecule has 2 heterocycles. The van der Waals surface area contributed by atoms with Crippen LogP contribution in [0, 0.1) is 0 Å². The number of ether oxygens (including phenoxy) is 2. The highest BCUT2D eigenvalue weighted by molar-refractivity contribution is 7.15. The predicted octanol–water partition coefficient (Wildman–Crippen LogP) is 4.87. The highest BCUT2D eigenvalue weighted by Gasteiger charge is 2.08. The summed E-state index contributed by atoms with van der Waals surface area (Å²) in [6.45, 7) is 2.67. The van der Waals surface area contributed by atoms with Crippen LogP contribution in [0.25, 0.3) is 16.2 Å². The lowest BCUT2D eigenvalue weighted by Gasteiger charge is -2.09. The first-order valence-electron chi connectivity index (χ1n) is 9.39. The van der Waals surface area contributed by atoms with E-state index in [1.165, 1.54) is 0 Å². The van der Waals surface area contributed by atoms with Crippen LogP contribution in [0.4, 0.5) is 5.69 Å². The summed E-state index contributed by atoms with van der Waals surface area (Å²) >= 11 is 1.58. The summed E-state index contributed by atoms with van der Waals surface area (Å²) in [6, 6.07) is 14.9. The van der Waals surface area contributed by atoms with Gasteiger partial charge >= 0.3 is 0 Å². The van der Waals surface area contributed by atoms with E-state index in [1.807, 2.05) is 58.6 Å². The molecule has 0 aliphatic rings. The van der Waals surface area contributed by atoms with Crippen molar-refractivity contribution in [2.75, 3.05) is 18.5 Å². The van der Waals surface area contributed by atoms with Gasteiger partial charge in [0.2, 0.25) is 0 Å². The van der Waals surface area contributed by atoms with Crippen molar-refractivity contribution in [1.82, 2.24) is 9.38 Å². The minimum Gasteiger partial charge on any atom is -0.494 e. The molecule has 1 N–H and O–H groups in total. The summed E-state index contributed by atoms with van der Waals surface area (Å²) in [6.07, 6.45) is 4.91. The molecule has 4 rings (SSSR count). The molecule has 148 valence electrons. The van der Waals surface area contributed by atoms with E-state index < -0.39 is 0 Å². The molecule has 0 saturated heterocycles. The van der Waals surface area contributed by atoms with Gasteiger partial charge in [0.25, 0.3) is 5.91 Å². The Hall–Kier alpha value is -3.32. The van der Waals surface area contributed by atoms with Gasteiger partial charge in [-0.05, 0) is 42.8 Å². The molecule has 4 aromatic rings. The molecular formula is C22H21N3O3S. The van der Waals surface area contributed by atoms with Crippen LogP contribution < -0.4 is 14.8 Å². The van der Waals surface area contributed by atoms with Crippen molar-refractivity contribution >= 4 is 27.9 Å². The number of thiazole rings is 1. The minimum atomic E-state index is -0.223. The summed E-state index contributed by atoms with van der Waals surface area (Å²) in [5.74, 6) is 1.19. The molecule has 0 unspecified atom stereocenters. The Morgan fingerprint density at radius 2 is 1.93 bits per heavy atom. The monoisotopic (exact) mass is 407 g/mol. The van der Waals surface area contributed by atoms with Gasteiger partial charge in [0.15, 0.2) is 11.6 Å². The van der Waals surface area contributed by atoms with Crippen molar-refractivity contribution in [2.45, 2.75) is 13.3 Å². The number of imidazole rings is 1. The maximum atomic E-state index is 12.3. The van der Waals surface area contributed by atoms with Crippen molar-refractivity contribution in [3.8, 4) is 22.8 Å². The largest absolute Gasteiger partial charge is 0.494 e. The van der Waals surface area contributed by atoms with E-state index in [2.05, 4.69) is 17.2 Å². The summed E-state index contributed by atoms with van der Waals surface area (Å²) < 4.78 is 13.1. The Bertz CT molecular complexity index is 1070. The van der Waals surface area contributed by atoms with Gasteiger partial charge in [-0.2, -0.15) is 0 Å². The van der Waals surface area contributed by atoms with Crippen molar-refractivity contribution in [2.24, 2.45) is 0 Å². The van der Waals surface area contributed by atoms with Crippen molar-refractivity contribution in [1.29, 1.82) is 0 Å². The van der Waals surface area contributed by atoms with Gasteiger partial charge in [-0.15, -0.1) is 11.3 Å². The molecule has 1 amide bonds. The lowest BCUT2D eigenvalue weighted by molar-refractivity contribution is -0.118. The van der Waals surface area contributed by atoms with E-state index in [0.29, 0.717) is 18.0 Å². The van der Waals surface area contributed by atoms with Crippen LogP contribution in [0.15, 0.2) is 66.3 Å². The van der Waals surface area contributed by atoms with E-state index in [0.717, 1.165) is 28.4 Å². The molecule has 0 atom stereocenters. The van der Waals surface area contributed by atoms with Crippen LogP contribution in [0.3, 0.4) is 0 Å². The topological polar surface area (TPSA) is 64.9 Å². The van der Waals surface area contributed by atoms with Crippen LogP contribution in [-0.4, -0.2) is 28.5 Å². The van der Waals surface area contributed by atoms with Crippen molar-refractivity contribution < 1.29 is 14.3 Å². The van der Waals surface area contributed by atoms with Gasteiger partial charge in [0.05, 0.1) is 12.3 Å². The molecular weight excluding hydrogens is 386 g/mol. The molecule has 2 aromatic heterocycles. The molecule has 0 aliphatic carbocycles. The Morgan fingerprint density at radius 1 is 1.14 bits per heavy atom. The molecule has 29 heavy (non-hydrogen) atoms. The van der Waals surface area contributed by atoms with Crippen LogP contribution in [0.1, 0.15) is 13.3 Å². The SMILES string of the molecule is CCCOc1ccc(OCC(=O)Nc2cccc(-c3cn4ccsc4n3)c2)cc1. The average Bonchev–Trinajstić information content (AvgIpc) is 3.34. The van der Waals surface area contributed by atoms with Crippen molar-refractivity contribution in [3.05, 3.63) is 66.3 Å². The maximum Gasteiger partial charge on any atom is 0.262 e. The first kappa shape index (κ1) is 19.0. The van der Waals surface area contributed by atoms with Crippen LogP contribution >= 0.6 is 11.3 Å². The van der Waals surface area contributed by atoms with Gasteiger partial charge in [-0.25, -0.2) is 4.98 Å². The van der Waals surface area contributed by atoms with Crippen molar-refractivity contribution in [3.63, 3.8) is 0 Å². The van der Waals surface area contributed by atoms with E-state index >= 15 is 0 Å². The number of amides is 1. The molecule has 0 spiro atoms. The summed E-state index contributed by atoms with van der Waals surface area (Å²) in [7, 11) is 0. The minimum absolute atomic E-state index is 0.0698. The third-order valence-electron chi connectivity index (χ3n) is 4.20. The zero-order chi connectivity index (χ0) is 20.1. The van der Waals surface area contributed by atoms with Gasteiger partial charge < -0.3 is 14.8 Å². The van der Waals surface area contributed by atoms with Gasteiger partial charge in [0.1, 0.15) is 11.5 Å². The normalized spacial score (nSPS) is 10.8. The highest BCUT2D eigenvalue weighted by atomic mass is 32.1. The summed E-state index contributed by atoms with van der Waals surface area (Å²) in [5.41, 5.74) is 2.52. The van der Waals surface area contributed by atoms with Gasteiger partial charge in [-0.3, -0.25) is 9.20 Å². The zero-order valence-corrected chi connectivity index (χ0v) is 16.8. The third-order valence-corrected chi connectivity index (χ3v) is 4.97. The van der Waals surface area contributed by atoms with E-state index in [4.69, 9.17) is 9.47 Å². The second kappa shape index (κ2) is 8.79. The lowest BCUT2D eigenvalue weighted by atomic mass is 10.1. The Morgan fingerprint density at radius 3 is 2.69 bits per heavy atom. The fourth-order valence-corrected chi connectivity index (χ4v) is 3.52. The summed E-state index contributed by atoms with van der Waals surface area (Å²) in [4.78, 5) is 17.8. The third kappa shape index (κ3) is 4.75. The number of nitrogens with zero attached hydrogens (tertiary/aromatic N) is 2. The Labute approximate surface area is 172 Å². The van der Waals surface area contributed by atoms with E-state index in [1.54, 1.807) is 23.5 Å². The van der Waals surface area contributed by atoms with E-state index in [-0.39, 0.29) is 12.5 Å². The predicted molar refractivity (Wildman–Crippen MR) is 115 cm³/mol. The highest BCUT2D eigenvalue weighted by Crippen LogP contribution is 2.24. The number of hydrogen-bond acceptors (Lipinski definition) is 5. The zero-order valence-electron chi connectivity index (χ0n) is 16.0. The number of rotatable bonds is 8. The standard InChI is InChI=1S/C22H21N3O3S/c1-2-11-27-18-6-8-19(9-7-18)28-15-21(26)23-17-5-3-4-16(13-17)20-14-25-10-12-29-22(25)24-20/h3-10,12-14H,2,11,15H2,1H3,(H,23,26). The number of benzene rings is 2. The van der Waals surface area contributed by atoms with Crippen LogP contribution in [0.5, 0.6) is 11.5 Å². The molecule has 0 aliphatic heterocycles. The number of aromatic nitrogens is 2. The number of hydrogen-bond donors (Lipinski definition) is 1. The van der Waals surface area contributed by atoms with Crippen LogP contribution in [-0.2, 0) is 4.79 Å². The molecule has 2 aromatic carbocycles. The maximum absolute atomic E-state index is 12.3. The molecule has 0 fully saturated rings. The molecule has 6 nitrogen and oxygen atoms in total. The first-order valence-corrected chi connectivity index (χ1v) is 10.3. The fraction of sp³-hybridized carbons (Fsp3) is 0.182. The van der Waals surface area contributed by atoms with E-state index in [9.17, 15) is 4.79 Å². The second-order valence-corrected chi connectivity index (χ2v) is 7.33. The molecule has 0 saturated carbocycles. The number of anilines is 1. The molecule has 7 heteroatoms. The second-order valence-electron chi connectivity index (χ2n) is 6.46. The first-order chi connectivity index (χ1) is 14.2. The summed E-state index contributed by atoms with van der Waals surface area (Å²) in [5, 5.41) is 4.86. The average molecular weight is 407 g/mol. The Kier molecular flexibility index (Phi) is 5.76. The quantitative estimate of drug-likeness (QED) is 0.453. The smallest absolute Gasteiger partial charge is 0.262 e. The number of fused-ring (bicyclic) bond motifs is 1. The van der Waals surface area contributed by atoms with Gasteiger partial charge in [-0.1, -0.05) is 19.1 Å². The Balaban J connectivity index is 1.34. The number of carbonyl (C=O) groups excluding carboxylic acids is 1. The number of nitrogens with one attached hydrogen (secondary N) is 1. The molecule has 0 radical (unpaired) electrons. The van der Waals surface area contributed by atoms with Crippen LogP contribution in [0.2, 0.25) is 0 Å². The molecule has 0 bridgehead atoms.